The van der Waals surface area contributed by atoms with Crippen molar-refractivity contribution < 1.29 is 9.84 Å². The van der Waals surface area contributed by atoms with Gasteiger partial charge in [0.05, 0.1) is 25.0 Å². The molecule has 1 rings (SSSR count). The van der Waals surface area contributed by atoms with E-state index in [0.29, 0.717) is 24.0 Å². The molecule has 0 amide bonds. The summed E-state index contributed by atoms with van der Waals surface area (Å²) in [6, 6.07) is 3.55. The molecule has 5 nitrogen and oxygen atoms in total. The SMILES string of the molecule is CCOc1cc(C(C#N)CO)nc(C)n1. The fourth-order valence-corrected chi connectivity index (χ4v) is 1.16. The highest BCUT2D eigenvalue weighted by Crippen LogP contribution is 2.16. The van der Waals surface area contributed by atoms with Crippen LogP contribution in [0.25, 0.3) is 0 Å². The summed E-state index contributed by atoms with van der Waals surface area (Å²) in [5.74, 6) is 0.351. The zero-order valence-corrected chi connectivity index (χ0v) is 8.77. The maximum atomic E-state index is 8.97. The van der Waals surface area contributed by atoms with Gasteiger partial charge in [-0.05, 0) is 13.8 Å². The van der Waals surface area contributed by atoms with E-state index in [-0.39, 0.29) is 6.61 Å². The minimum atomic E-state index is -0.620. The highest BCUT2D eigenvalue weighted by Gasteiger charge is 2.13. The van der Waals surface area contributed by atoms with Crippen LogP contribution in [-0.4, -0.2) is 28.3 Å². The Balaban J connectivity index is 3.03. The molecule has 0 aromatic carbocycles. The highest BCUT2D eigenvalue weighted by atomic mass is 16.5. The molecule has 15 heavy (non-hydrogen) atoms. The first-order chi connectivity index (χ1) is 7.21. The second-order valence-corrected chi connectivity index (χ2v) is 2.98. The quantitative estimate of drug-likeness (QED) is 0.789. The van der Waals surface area contributed by atoms with Gasteiger partial charge in [0, 0.05) is 6.07 Å². The molecule has 1 aromatic rings. The predicted molar refractivity (Wildman–Crippen MR) is 53.4 cm³/mol. The summed E-state index contributed by atoms with van der Waals surface area (Å²) >= 11 is 0. The molecule has 0 saturated heterocycles. The van der Waals surface area contributed by atoms with Gasteiger partial charge in [0.2, 0.25) is 5.88 Å². The maximum Gasteiger partial charge on any atom is 0.216 e. The van der Waals surface area contributed by atoms with Gasteiger partial charge in [-0.1, -0.05) is 0 Å². The molecule has 0 aliphatic rings. The van der Waals surface area contributed by atoms with Gasteiger partial charge in [-0.25, -0.2) is 4.98 Å². The number of hydrogen-bond acceptors (Lipinski definition) is 5. The number of aliphatic hydroxyl groups excluding tert-OH is 1. The third-order valence-corrected chi connectivity index (χ3v) is 1.82. The van der Waals surface area contributed by atoms with E-state index in [1.807, 2.05) is 13.0 Å². The van der Waals surface area contributed by atoms with E-state index < -0.39 is 5.92 Å². The summed E-state index contributed by atoms with van der Waals surface area (Å²) in [6.07, 6.45) is 0. The Bertz CT molecular complexity index is 373. The van der Waals surface area contributed by atoms with E-state index >= 15 is 0 Å². The lowest BCUT2D eigenvalue weighted by Gasteiger charge is -2.08. The monoisotopic (exact) mass is 207 g/mol. The summed E-state index contributed by atoms with van der Waals surface area (Å²) in [6.45, 7) is 3.83. The first kappa shape index (κ1) is 11.4. The standard InChI is InChI=1S/C10H13N3O2/c1-3-15-10-4-9(8(5-11)6-14)12-7(2)13-10/h4,8,14H,3,6H2,1-2H3. The van der Waals surface area contributed by atoms with Crippen LogP contribution >= 0.6 is 0 Å². The average Bonchev–Trinajstić information content (AvgIpc) is 2.19. The van der Waals surface area contributed by atoms with Crippen molar-refractivity contribution in [2.24, 2.45) is 0 Å². The number of aromatic nitrogens is 2. The molecule has 0 aliphatic carbocycles. The van der Waals surface area contributed by atoms with Crippen LogP contribution in [0.5, 0.6) is 5.88 Å². The molecule has 1 heterocycles. The second kappa shape index (κ2) is 5.27. The van der Waals surface area contributed by atoms with Crippen molar-refractivity contribution in [2.45, 2.75) is 19.8 Å². The summed E-state index contributed by atoms with van der Waals surface area (Å²) in [5, 5.41) is 17.7. The van der Waals surface area contributed by atoms with Crippen LogP contribution in [0.3, 0.4) is 0 Å². The van der Waals surface area contributed by atoms with Gasteiger partial charge in [0.1, 0.15) is 11.7 Å². The Morgan fingerprint density at radius 1 is 1.60 bits per heavy atom. The molecule has 1 unspecified atom stereocenters. The lowest BCUT2D eigenvalue weighted by atomic mass is 10.1. The van der Waals surface area contributed by atoms with E-state index in [1.165, 1.54) is 0 Å². The Morgan fingerprint density at radius 3 is 2.87 bits per heavy atom. The van der Waals surface area contributed by atoms with Gasteiger partial charge in [-0.3, -0.25) is 0 Å². The van der Waals surface area contributed by atoms with Gasteiger partial charge >= 0.3 is 0 Å². The fraction of sp³-hybridized carbons (Fsp3) is 0.500. The van der Waals surface area contributed by atoms with Crippen LogP contribution in [0, 0.1) is 18.3 Å². The summed E-state index contributed by atoms with van der Waals surface area (Å²) < 4.78 is 5.22. The van der Waals surface area contributed by atoms with Crippen LogP contribution in [0.1, 0.15) is 24.4 Å². The molecule has 0 saturated carbocycles. The molecule has 80 valence electrons. The first-order valence-corrected chi connectivity index (χ1v) is 4.70. The predicted octanol–water partition coefficient (Wildman–Crippen LogP) is 0.783. The van der Waals surface area contributed by atoms with Crippen molar-refractivity contribution in [2.75, 3.05) is 13.2 Å². The average molecular weight is 207 g/mol. The van der Waals surface area contributed by atoms with E-state index in [2.05, 4.69) is 9.97 Å². The van der Waals surface area contributed by atoms with Crippen LogP contribution in [0.2, 0.25) is 0 Å². The Kier molecular flexibility index (Phi) is 4.01. The molecular weight excluding hydrogens is 194 g/mol. The van der Waals surface area contributed by atoms with E-state index in [4.69, 9.17) is 15.1 Å². The summed E-state index contributed by atoms with van der Waals surface area (Å²) in [5.41, 5.74) is 0.496. The number of rotatable bonds is 4. The topological polar surface area (TPSA) is 79.0 Å². The van der Waals surface area contributed by atoms with Crippen molar-refractivity contribution in [3.63, 3.8) is 0 Å². The second-order valence-electron chi connectivity index (χ2n) is 2.98. The van der Waals surface area contributed by atoms with Gasteiger partial charge in [0.25, 0.3) is 0 Å². The molecule has 5 heteroatoms. The lowest BCUT2D eigenvalue weighted by molar-refractivity contribution is 0.282. The van der Waals surface area contributed by atoms with Gasteiger partial charge < -0.3 is 9.84 Å². The molecule has 1 atom stereocenters. The molecule has 0 fully saturated rings. The minimum Gasteiger partial charge on any atom is -0.478 e. The fourth-order valence-electron chi connectivity index (χ4n) is 1.16. The third kappa shape index (κ3) is 2.89. The molecule has 1 aromatic heterocycles. The number of nitriles is 1. The van der Waals surface area contributed by atoms with Crippen LogP contribution < -0.4 is 4.74 Å². The van der Waals surface area contributed by atoms with Crippen LogP contribution in [0.15, 0.2) is 6.07 Å². The molecule has 0 bridgehead atoms. The van der Waals surface area contributed by atoms with Gasteiger partial charge in [0.15, 0.2) is 0 Å². The van der Waals surface area contributed by atoms with Crippen molar-refractivity contribution in [3.05, 3.63) is 17.6 Å². The van der Waals surface area contributed by atoms with E-state index in [1.54, 1.807) is 13.0 Å². The number of hydrogen-bond donors (Lipinski definition) is 1. The van der Waals surface area contributed by atoms with E-state index in [0.717, 1.165) is 0 Å². The van der Waals surface area contributed by atoms with Crippen LogP contribution in [0.4, 0.5) is 0 Å². The Hall–Kier alpha value is -1.67. The van der Waals surface area contributed by atoms with E-state index in [9.17, 15) is 0 Å². The van der Waals surface area contributed by atoms with Crippen molar-refractivity contribution in [1.29, 1.82) is 5.26 Å². The largest absolute Gasteiger partial charge is 0.478 e. The lowest BCUT2D eigenvalue weighted by Crippen LogP contribution is -2.07. The van der Waals surface area contributed by atoms with Crippen LogP contribution in [-0.2, 0) is 0 Å². The summed E-state index contributed by atoms with van der Waals surface area (Å²) in [7, 11) is 0. The third-order valence-electron chi connectivity index (χ3n) is 1.82. The number of nitrogens with zero attached hydrogens (tertiary/aromatic N) is 3. The van der Waals surface area contributed by atoms with Crippen molar-refractivity contribution in [1.82, 2.24) is 9.97 Å². The van der Waals surface area contributed by atoms with Crippen molar-refractivity contribution >= 4 is 0 Å². The van der Waals surface area contributed by atoms with Gasteiger partial charge in [-0.2, -0.15) is 10.2 Å². The van der Waals surface area contributed by atoms with Crippen molar-refractivity contribution in [3.8, 4) is 11.9 Å². The minimum absolute atomic E-state index is 0.251. The molecule has 0 radical (unpaired) electrons. The number of aryl methyl sites for hydroxylation is 1. The molecule has 0 aliphatic heterocycles. The smallest absolute Gasteiger partial charge is 0.216 e. The Labute approximate surface area is 88.4 Å². The number of aliphatic hydroxyl groups is 1. The zero-order valence-electron chi connectivity index (χ0n) is 8.77. The zero-order chi connectivity index (χ0) is 11.3. The maximum absolute atomic E-state index is 8.97. The molecule has 0 spiro atoms. The number of ether oxygens (including phenoxy) is 1. The normalized spacial score (nSPS) is 11.9. The Morgan fingerprint density at radius 2 is 2.33 bits per heavy atom. The highest BCUT2D eigenvalue weighted by molar-refractivity contribution is 5.23. The first-order valence-electron chi connectivity index (χ1n) is 4.70. The molecular formula is C10H13N3O2. The molecule has 1 N–H and O–H groups in total. The van der Waals surface area contributed by atoms with Gasteiger partial charge in [-0.15, -0.1) is 0 Å². The summed E-state index contributed by atoms with van der Waals surface area (Å²) in [4.78, 5) is 8.13.